The van der Waals surface area contributed by atoms with Crippen LogP contribution in [0, 0.1) is 5.92 Å². The molecule has 0 radical (unpaired) electrons. The first-order valence-corrected chi connectivity index (χ1v) is 6.80. The second-order valence-corrected chi connectivity index (χ2v) is 5.62. The van der Waals surface area contributed by atoms with Gasteiger partial charge in [-0.3, -0.25) is 4.90 Å². The number of nitrogens with zero attached hydrogens (tertiary/aromatic N) is 1. The van der Waals surface area contributed by atoms with Crippen molar-refractivity contribution in [3.8, 4) is 0 Å². The molecule has 3 N–H and O–H groups in total. The van der Waals surface area contributed by atoms with Crippen molar-refractivity contribution >= 4 is 0 Å². The molecule has 0 aliphatic carbocycles. The van der Waals surface area contributed by atoms with Gasteiger partial charge in [-0.05, 0) is 31.9 Å². The average molecular weight is 248 g/mol. The van der Waals surface area contributed by atoms with Gasteiger partial charge in [-0.15, -0.1) is 0 Å². The van der Waals surface area contributed by atoms with Gasteiger partial charge in [-0.1, -0.05) is 30.3 Å². The Balaban J connectivity index is 1.95. The maximum absolute atomic E-state index is 10.3. The zero-order valence-electron chi connectivity index (χ0n) is 11.2. The summed E-state index contributed by atoms with van der Waals surface area (Å²) in [6, 6.07) is 10.5. The van der Waals surface area contributed by atoms with Gasteiger partial charge in [0, 0.05) is 25.6 Å². The van der Waals surface area contributed by atoms with E-state index in [1.54, 1.807) is 0 Å². The van der Waals surface area contributed by atoms with Crippen LogP contribution >= 0.6 is 0 Å². The van der Waals surface area contributed by atoms with Crippen LogP contribution in [0.2, 0.25) is 0 Å². The third-order valence-corrected chi connectivity index (χ3v) is 4.05. The van der Waals surface area contributed by atoms with E-state index < -0.39 is 5.60 Å². The lowest BCUT2D eigenvalue weighted by atomic mass is 9.83. The Bertz CT molecular complexity index is 364. The highest BCUT2D eigenvalue weighted by Crippen LogP contribution is 2.27. The second kappa shape index (κ2) is 5.83. The number of hydrogen-bond donors (Lipinski definition) is 2. The lowest BCUT2D eigenvalue weighted by Crippen LogP contribution is -2.49. The van der Waals surface area contributed by atoms with E-state index in [4.69, 9.17) is 5.73 Å². The number of hydrogen-bond acceptors (Lipinski definition) is 3. The number of likely N-dealkylation sites (tertiary alicyclic amines) is 1. The summed E-state index contributed by atoms with van der Waals surface area (Å²) in [5.41, 5.74) is 6.28. The second-order valence-electron chi connectivity index (χ2n) is 5.62. The topological polar surface area (TPSA) is 49.5 Å². The van der Waals surface area contributed by atoms with Crippen LogP contribution in [0.15, 0.2) is 30.3 Å². The van der Waals surface area contributed by atoms with Crippen LogP contribution in [0.3, 0.4) is 0 Å². The van der Waals surface area contributed by atoms with E-state index in [1.165, 1.54) is 5.56 Å². The molecule has 1 fully saturated rings. The molecule has 2 unspecified atom stereocenters. The first-order chi connectivity index (χ1) is 8.62. The molecule has 0 amide bonds. The molecule has 1 aromatic carbocycles. The van der Waals surface area contributed by atoms with Crippen molar-refractivity contribution in [1.82, 2.24) is 4.90 Å². The van der Waals surface area contributed by atoms with Crippen molar-refractivity contribution in [2.24, 2.45) is 11.7 Å². The van der Waals surface area contributed by atoms with Gasteiger partial charge in [-0.2, -0.15) is 0 Å². The first kappa shape index (κ1) is 13.5. The van der Waals surface area contributed by atoms with Crippen molar-refractivity contribution in [3.63, 3.8) is 0 Å². The van der Waals surface area contributed by atoms with Gasteiger partial charge in [0.2, 0.25) is 0 Å². The molecule has 3 heteroatoms. The molecule has 0 aromatic heterocycles. The first-order valence-electron chi connectivity index (χ1n) is 6.80. The summed E-state index contributed by atoms with van der Waals surface area (Å²) in [6.07, 6.45) is 2.23. The van der Waals surface area contributed by atoms with E-state index in [-0.39, 0.29) is 0 Å². The third kappa shape index (κ3) is 3.31. The molecular formula is C15H24N2O. The zero-order valence-corrected chi connectivity index (χ0v) is 11.2. The van der Waals surface area contributed by atoms with E-state index in [0.717, 1.165) is 32.5 Å². The molecule has 0 saturated carbocycles. The summed E-state index contributed by atoms with van der Waals surface area (Å²) >= 11 is 0. The van der Waals surface area contributed by atoms with Crippen molar-refractivity contribution in [2.75, 3.05) is 19.6 Å². The van der Waals surface area contributed by atoms with Crippen LogP contribution in [0.4, 0.5) is 0 Å². The molecule has 0 bridgehead atoms. The van der Waals surface area contributed by atoms with Crippen LogP contribution in [-0.2, 0) is 6.54 Å². The molecule has 3 nitrogen and oxygen atoms in total. The molecule has 1 saturated heterocycles. The Morgan fingerprint density at radius 1 is 1.39 bits per heavy atom. The number of nitrogens with two attached hydrogens (primary N) is 1. The monoisotopic (exact) mass is 248 g/mol. The molecule has 1 aliphatic rings. The molecule has 1 aromatic rings. The number of benzene rings is 1. The highest BCUT2D eigenvalue weighted by atomic mass is 16.3. The van der Waals surface area contributed by atoms with Gasteiger partial charge in [0.1, 0.15) is 0 Å². The Morgan fingerprint density at radius 2 is 2.11 bits per heavy atom. The summed E-state index contributed by atoms with van der Waals surface area (Å²) in [5.74, 6) is 0.292. The van der Waals surface area contributed by atoms with E-state index >= 15 is 0 Å². The van der Waals surface area contributed by atoms with Crippen LogP contribution in [0.1, 0.15) is 25.3 Å². The van der Waals surface area contributed by atoms with E-state index in [1.807, 2.05) is 13.0 Å². The quantitative estimate of drug-likeness (QED) is 0.851. The van der Waals surface area contributed by atoms with E-state index in [0.29, 0.717) is 12.5 Å². The van der Waals surface area contributed by atoms with Gasteiger partial charge >= 0.3 is 0 Å². The maximum atomic E-state index is 10.3. The summed E-state index contributed by atoms with van der Waals surface area (Å²) in [6.45, 7) is 5.24. The molecule has 2 rings (SSSR count). The Morgan fingerprint density at radius 3 is 2.78 bits per heavy atom. The summed E-state index contributed by atoms with van der Waals surface area (Å²) < 4.78 is 0. The molecule has 2 atom stereocenters. The maximum Gasteiger partial charge on any atom is 0.0781 e. The average Bonchev–Trinajstić information content (AvgIpc) is 2.40. The highest BCUT2D eigenvalue weighted by Gasteiger charge is 2.33. The summed E-state index contributed by atoms with van der Waals surface area (Å²) in [4.78, 5) is 2.42. The minimum absolute atomic E-state index is 0.292. The van der Waals surface area contributed by atoms with Gasteiger partial charge in [-0.25, -0.2) is 0 Å². The lowest BCUT2D eigenvalue weighted by Gasteiger charge is -2.40. The van der Waals surface area contributed by atoms with Gasteiger partial charge in [0.15, 0.2) is 0 Å². The predicted molar refractivity (Wildman–Crippen MR) is 74.1 cm³/mol. The standard InChI is InChI=1S/C15H24N2O/c1-15(18,12-16)14-8-5-9-17(11-14)10-13-6-3-2-4-7-13/h2-4,6-7,14,18H,5,8-12,16H2,1H3. The van der Waals surface area contributed by atoms with Crippen LogP contribution in [0.25, 0.3) is 0 Å². The molecule has 1 heterocycles. The van der Waals surface area contributed by atoms with Crippen molar-refractivity contribution < 1.29 is 5.11 Å². The number of piperidine rings is 1. The fourth-order valence-corrected chi connectivity index (χ4v) is 2.72. The van der Waals surface area contributed by atoms with Gasteiger partial charge in [0.25, 0.3) is 0 Å². The molecule has 0 spiro atoms. The smallest absolute Gasteiger partial charge is 0.0781 e. The molecule has 1 aliphatic heterocycles. The lowest BCUT2D eigenvalue weighted by molar-refractivity contribution is -0.0272. The van der Waals surface area contributed by atoms with E-state index in [9.17, 15) is 5.11 Å². The molecule has 18 heavy (non-hydrogen) atoms. The van der Waals surface area contributed by atoms with Crippen molar-refractivity contribution in [2.45, 2.75) is 31.9 Å². The Labute approximate surface area is 110 Å². The minimum Gasteiger partial charge on any atom is -0.389 e. The summed E-state index contributed by atoms with van der Waals surface area (Å²) in [5, 5.41) is 10.3. The summed E-state index contributed by atoms with van der Waals surface area (Å²) in [7, 11) is 0. The van der Waals surface area contributed by atoms with E-state index in [2.05, 4.69) is 29.2 Å². The predicted octanol–water partition coefficient (Wildman–Crippen LogP) is 1.61. The SMILES string of the molecule is CC(O)(CN)C1CCCN(Cc2ccccc2)C1. The largest absolute Gasteiger partial charge is 0.389 e. The molecule has 100 valence electrons. The number of rotatable bonds is 4. The van der Waals surface area contributed by atoms with Gasteiger partial charge in [0.05, 0.1) is 5.60 Å². The van der Waals surface area contributed by atoms with Crippen LogP contribution in [0.5, 0.6) is 0 Å². The highest BCUT2D eigenvalue weighted by molar-refractivity contribution is 5.14. The minimum atomic E-state index is -0.727. The molecular weight excluding hydrogens is 224 g/mol. The van der Waals surface area contributed by atoms with Crippen LogP contribution in [-0.4, -0.2) is 35.2 Å². The third-order valence-electron chi connectivity index (χ3n) is 4.05. The van der Waals surface area contributed by atoms with Crippen LogP contribution < -0.4 is 5.73 Å². The van der Waals surface area contributed by atoms with Crippen molar-refractivity contribution in [1.29, 1.82) is 0 Å². The zero-order chi connectivity index (χ0) is 13.0. The number of aliphatic hydroxyl groups is 1. The fourth-order valence-electron chi connectivity index (χ4n) is 2.72. The normalized spacial score (nSPS) is 24.7. The Hall–Kier alpha value is -0.900. The van der Waals surface area contributed by atoms with Gasteiger partial charge < -0.3 is 10.8 Å². The Kier molecular flexibility index (Phi) is 4.38. The fraction of sp³-hybridized carbons (Fsp3) is 0.600. The van der Waals surface area contributed by atoms with Crippen molar-refractivity contribution in [3.05, 3.63) is 35.9 Å².